The van der Waals surface area contributed by atoms with E-state index in [0.717, 1.165) is 34.9 Å². The number of carbonyl (C=O) groups excluding carboxylic acids is 1. The first-order valence-electron chi connectivity index (χ1n) is 11.9. The number of carboxylic acids is 1. The molecule has 6 heteroatoms. The van der Waals surface area contributed by atoms with Crippen molar-refractivity contribution in [2.45, 2.75) is 56.1 Å². The molecular formula is C27H26FN2O3+. The van der Waals surface area contributed by atoms with Gasteiger partial charge in [-0.15, -0.1) is 0 Å². The molecule has 3 aromatic rings. The number of H-pyrrole nitrogens is 1. The van der Waals surface area contributed by atoms with Crippen molar-refractivity contribution in [1.29, 1.82) is 0 Å². The van der Waals surface area contributed by atoms with Gasteiger partial charge in [0, 0.05) is 48.2 Å². The maximum atomic E-state index is 14.1. The summed E-state index contributed by atoms with van der Waals surface area (Å²) in [5.74, 6) is -0.459. The standard InChI is InChI=1S/C27H25FN2O3/c28-17-6-7-19-21(14-29-22(19)9-17)20(15-4-2-1-3-5-15)10-24(31)30-18-8-16-11-27(12-18,26(32)33)13-23(30)25(16)30/h1-7,9,14,16,18,20,23,25,29H,8,10-13H2/p+1. The van der Waals surface area contributed by atoms with E-state index in [-0.39, 0.29) is 29.7 Å². The van der Waals surface area contributed by atoms with Gasteiger partial charge < -0.3 is 10.1 Å². The summed E-state index contributed by atoms with van der Waals surface area (Å²) in [6, 6.07) is 15.5. The number of nitrogens with zero attached hydrogens (tertiary/aromatic N) is 1. The Morgan fingerprint density at radius 3 is 2.73 bits per heavy atom. The molecule has 4 heterocycles. The number of aromatic amines is 1. The highest BCUT2D eigenvalue weighted by atomic mass is 19.1. The van der Waals surface area contributed by atoms with Crippen LogP contribution in [0.2, 0.25) is 0 Å². The quantitative estimate of drug-likeness (QED) is 0.446. The molecule has 2 saturated carbocycles. The number of hydrogen-bond donors (Lipinski definition) is 2. The maximum absolute atomic E-state index is 14.1. The van der Waals surface area contributed by atoms with Crippen LogP contribution in [-0.2, 0) is 9.59 Å². The Morgan fingerprint density at radius 2 is 1.97 bits per heavy atom. The van der Waals surface area contributed by atoms with Gasteiger partial charge in [0.2, 0.25) is 0 Å². The lowest BCUT2D eigenvalue weighted by atomic mass is 9.60. The largest absolute Gasteiger partial charge is 0.481 e. The van der Waals surface area contributed by atoms with Crippen molar-refractivity contribution in [2.75, 3.05) is 0 Å². The fraction of sp³-hybridized carbons (Fsp3) is 0.407. The van der Waals surface area contributed by atoms with Crippen LogP contribution in [-0.4, -0.2) is 44.6 Å². The molecule has 0 radical (unpaired) electrons. The third-order valence-corrected chi connectivity index (χ3v) is 9.41. The summed E-state index contributed by atoms with van der Waals surface area (Å²) in [6.45, 7) is 0. The van der Waals surface area contributed by atoms with Gasteiger partial charge in [-0.05, 0) is 35.7 Å². The molecule has 4 bridgehead atoms. The van der Waals surface area contributed by atoms with Crippen LogP contribution in [0.3, 0.4) is 0 Å². The molecule has 7 unspecified atom stereocenters. The molecule has 5 fully saturated rings. The Labute approximate surface area is 190 Å². The normalized spacial score (nSPS) is 36.2. The minimum atomic E-state index is -0.666. The number of benzene rings is 2. The van der Waals surface area contributed by atoms with Gasteiger partial charge in [0.25, 0.3) is 0 Å². The van der Waals surface area contributed by atoms with Gasteiger partial charge in [0.05, 0.1) is 17.9 Å². The zero-order valence-electron chi connectivity index (χ0n) is 18.2. The van der Waals surface area contributed by atoms with Crippen molar-refractivity contribution in [2.24, 2.45) is 11.3 Å². The van der Waals surface area contributed by atoms with Crippen LogP contribution in [0.1, 0.15) is 49.1 Å². The summed E-state index contributed by atoms with van der Waals surface area (Å²) in [5, 5.41) is 10.9. The highest BCUT2D eigenvalue weighted by Gasteiger charge is 2.87. The second-order valence-corrected chi connectivity index (χ2v) is 10.7. The predicted octanol–water partition coefficient (Wildman–Crippen LogP) is 4.58. The Bertz CT molecular complexity index is 1320. The Balaban J connectivity index is 1.26. The number of amides is 1. The van der Waals surface area contributed by atoms with E-state index in [0.29, 0.717) is 35.7 Å². The zero-order valence-corrected chi connectivity index (χ0v) is 18.2. The molecule has 0 spiro atoms. The highest BCUT2D eigenvalue weighted by Crippen LogP contribution is 2.72. The minimum Gasteiger partial charge on any atom is -0.481 e. The second-order valence-electron chi connectivity index (χ2n) is 10.7. The SMILES string of the molecule is O=C(O)C12CC3CC(C1)[N+]1(C(=O)CC(c4ccccc4)c4c[nH]c5cc(F)ccc45)C(C2)C31. The predicted molar refractivity (Wildman–Crippen MR) is 120 cm³/mol. The number of hydrogen-bond acceptors (Lipinski definition) is 2. The van der Waals surface area contributed by atoms with Gasteiger partial charge in [-0.3, -0.25) is 4.79 Å². The van der Waals surface area contributed by atoms with Crippen molar-refractivity contribution < 1.29 is 23.6 Å². The van der Waals surface area contributed by atoms with Crippen LogP contribution in [0, 0.1) is 17.2 Å². The summed E-state index contributed by atoms with van der Waals surface area (Å²) < 4.78 is 14.3. The average Bonchev–Trinajstić information content (AvgIpc) is 3.22. The van der Waals surface area contributed by atoms with Crippen molar-refractivity contribution in [3.63, 3.8) is 0 Å². The van der Waals surface area contributed by atoms with E-state index in [1.807, 2.05) is 24.4 Å². The number of quaternary nitrogens is 1. The zero-order chi connectivity index (χ0) is 22.5. The first kappa shape index (κ1) is 19.5. The average molecular weight is 446 g/mol. The van der Waals surface area contributed by atoms with Crippen LogP contribution < -0.4 is 0 Å². The van der Waals surface area contributed by atoms with Gasteiger partial charge in [-0.2, -0.15) is 0 Å². The molecule has 168 valence electrons. The van der Waals surface area contributed by atoms with E-state index in [9.17, 15) is 19.1 Å². The van der Waals surface area contributed by atoms with E-state index < -0.39 is 11.4 Å². The maximum Gasteiger partial charge on any atom is 0.315 e. The minimum absolute atomic E-state index is 0.128. The summed E-state index contributed by atoms with van der Waals surface area (Å²) >= 11 is 0. The first-order valence-corrected chi connectivity index (χ1v) is 11.9. The summed E-state index contributed by atoms with van der Waals surface area (Å²) in [6.07, 6.45) is 5.31. The molecule has 3 saturated heterocycles. The number of aliphatic carboxylic acids is 1. The van der Waals surface area contributed by atoms with Crippen LogP contribution in [0.15, 0.2) is 54.7 Å². The first-order chi connectivity index (χ1) is 15.9. The molecule has 1 amide bonds. The van der Waals surface area contributed by atoms with Gasteiger partial charge in [0.15, 0.2) is 12.1 Å². The van der Waals surface area contributed by atoms with E-state index in [2.05, 4.69) is 17.1 Å². The lowest BCUT2D eigenvalue weighted by Crippen LogP contribution is -2.55. The van der Waals surface area contributed by atoms with Crippen molar-refractivity contribution in [3.05, 3.63) is 71.7 Å². The summed E-state index contributed by atoms with van der Waals surface area (Å²) in [5.41, 5.74) is 2.21. The molecule has 1 aromatic heterocycles. The lowest BCUT2D eigenvalue weighted by molar-refractivity contribution is -0.772. The smallest absolute Gasteiger partial charge is 0.315 e. The van der Waals surface area contributed by atoms with Gasteiger partial charge >= 0.3 is 11.9 Å². The molecular weight excluding hydrogens is 419 g/mol. The second kappa shape index (κ2) is 6.32. The summed E-state index contributed by atoms with van der Waals surface area (Å²) in [4.78, 5) is 29.4. The van der Waals surface area contributed by atoms with Crippen LogP contribution in [0.25, 0.3) is 10.9 Å². The molecule has 8 rings (SSSR count). The van der Waals surface area contributed by atoms with E-state index in [1.54, 1.807) is 6.07 Å². The molecule has 2 aromatic carbocycles. The molecule has 5 aliphatic rings. The van der Waals surface area contributed by atoms with Crippen molar-refractivity contribution in [3.8, 4) is 0 Å². The fourth-order valence-electron chi connectivity index (χ4n) is 8.25. The highest BCUT2D eigenvalue weighted by molar-refractivity contribution is 5.86. The number of nitrogens with one attached hydrogen (secondary N) is 1. The molecule has 2 aliphatic carbocycles. The Kier molecular flexibility index (Phi) is 3.73. The number of rotatable bonds is 5. The van der Waals surface area contributed by atoms with Gasteiger partial charge in [-0.25, -0.2) is 13.7 Å². The lowest BCUT2D eigenvalue weighted by Gasteiger charge is -2.44. The van der Waals surface area contributed by atoms with Crippen LogP contribution >= 0.6 is 0 Å². The molecule has 3 aliphatic heterocycles. The number of fused-ring (bicyclic) bond motifs is 1. The van der Waals surface area contributed by atoms with Gasteiger partial charge in [-0.1, -0.05) is 30.3 Å². The third kappa shape index (κ3) is 2.39. The van der Waals surface area contributed by atoms with Crippen molar-refractivity contribution >= 4 is 22.8 Å². The third-order valence-electron chi connectivity index (χ3n) is 9.41. The Hall–Kier alpha value is -2.99. The number of halogens is 1. The fourth-order valence-corrected chi connectivity index (χ4v) is 8.25. The number of carbonyl (C=O) groups is 2. The molecule has 2 N–H and O–H groups in total. The molecule has 33 heavy (non-hydrogen) atoms. The van der Waals surface area contributed by atoms with Crippen LogP contribution in [0.4, 0.5) is 4.39 Å². The van der Waals surface area contributed by atoms with Gasteiger partial charge in [0.1, 0.15) is 5.82 Å². The molecule has 5 nitrogen and oxygen atoms in total. The topological polar surface area (TPSA) is 70.2 Å². The van der Waals surface area contributed by atoms with E-state index >= 15 is 0 Å². The van der Waals surface area contributed by atoms with E-state index in [4.69, 9.17) is 0 Å². The molecule has 7 atom stereocenters. The number of carboxylic acid groups (broad SMARTS) is 1. The number of aromatic nitrogens is 1. The monoisotopic (exact) mass is 445 g/mol. The number of piperidine rings is 2. The van der Waals surface area contributed by atoms with E-state index in [1.165, 1.54) is 12.1 Å². The van der Waals surface area contributed by atoms with Crippen molar-refractivity contribution in [1.82, 2.24) is 4.98 Å². The Morgan fingerprint density at radius 1 is 1.15 bits per heavy atom. The van der Waals surface area contributed by atoms with Crippen LogP contribution in [0.5, 0.6) is 0 Å². The summed E-state index contributed by atoms with van der Waals surface area (Å²) in [7, 11) is 0.